The first-order valence-electron chi connectivity index (χ1n) is 7.51. The Hall–Kier alpha value is -0.0800. The maximum Gasteiger partial charge on any atom is 0.00670 e. The van der Waals surface area contributed by atoms with E-state index < -0.39 is 0 Å². The van der Waals surface area contributed by atoms with Gasteiger partial charge in [0.1, 0.15) is 0 Å². The molecule has 1 fully saturated rings. The number of likely N-dealkylation sites (tertiary alicyclic amines) is 1. The molecule has 1 N–H and O–H groups in total. The van der Waals surface area contributed by atoms with Gasteiger partial charge in [-0.15, -0.1) is 0 Å². The normalized spacial score (nSPS) is 21.0. The Morgan fingerprint density at radius 2 is 1.65 bits per heavy atom. The summed E-state index contributed by atoms with van der Waals surface area (Å²) < 4.78 is 0. The van der Waals surface area contributed by atoms with E-state index in [-0.39, 0.29) is 0 Å². The van der Waals surface area contributed by atoms with Gasteiger partial charge in [0, 0.05) is 12.6 Å². The molecule has 0 saturated carbocycles. The third-order valence-corrected chi connectivity index (χ3v) is 4.29. The van der Waals surface area contributed by atoms with Gasteiger partial charge in [-0.3, -0.25) is 0 Å². The van der Waals surface area contributed by atoms with Crippen LogP contribution < -0.4 is 5.32 Å². The molecule has 2 nitrogen and oxygen atoms in total. The van der Waals surface area contributed by atoms with Crippen molar-refractivity contribution in [2.24, 2.45) is 5.41 Å². The second kappa shape index (κ2) is 7.38. The number of piperidine rings is 1. The molecule has 1 aliphatic heterocycles. The van der Waals surface area contributed by atoms with Crippen LogP contribution in [0.1, 0.15) is 59.3 Å². The average Bonchev–Trinajstić information content (AvgIpc) is 2.31. The van der Waals surface area contributed by atoms with Crippen molar-refractivity contribution in [2.75, 3.05) is 26.7 Å². The summed E-state index contributed by atoms with van der Waals surface area (Å²) in [4.78, 5) is 2.46. The van der Waals surface area contributed by atoms with Crippen LogP contribution in [0.4, 0.5) is 0 Å². The quantitative estimate of drug-likeness (QED) is 0.735. The first-order chi connectivity index (χ1) is 8.09. The molecule has 0 unspecified atom stereocenters. The summed E-state index contributed by atoms with van der Waals surface area (Å²) in [6.45, 7) is 10.8. The minimum absolute atomic E-state index is 0.534. The number of nitrogens with zero attached hydrogens (tertiary/aromatic N) is 1. The molecule has 0 spiro atoms. The van der Waals surface area contributed by atoms with Gasteiger partial charge in [-0.1, -0.05) is 33.6 Å². The number of hydrogen-bond donors (Lipinski definition) is 1. The fourth-order valence-electron chi connectivity index (χ4n) is 2.77. The first-order valence-corrected chi connectivity index (χ1v) is 7.51. The van der Waals surface area contributed by atoms with Crippen molar-refractivity contribution in [3.05, 3.63) is 0 Å². The van der Waals surface area contributed by atoms with Crippen LogP contribution in [0.2, 0.25) is 0 Å². The molecular formula is C15H32N2. The highest BCUT2D eigenvalue weighted by Crippen LogP contribution is 2.29. The van der Waals surface area contributed by atoms with Gasteiger partial charge in [-0.05, 0) is 51.2 Å². The largest absolute Gasteiger partial charge is 0.313 e. The van der Waals surface area contributed by atoms with Crippen molar-refractivity contribution in [3.8, 4) is 0 Å². The van der Waals surface area contributed by atoms with E-state index in [0.717, 1.165) is 6.04 Å². The van der Waals surface area contributed by atoms with Crippen molar-refractivity contribution in [1.29, 1.82) is 0 Å². The monoisotopic (exact) mass is 240 g/mol. The van der Waals surface area contributed by atoms with E-state index in [1.807, 2.05) is 0 Å². The number of nitrogens with one attached hydrogen (secondary N) is 1. The smallest absolute Gasteiger partial charge is 0.00670 e. The van der Waals surface area contributed by atoms with Gasteiger partial charge in [0.25, 0.3) is 0 Å². The van der Waals surface area contributed by atoms with E-state index in [1.165, 1.54) is 58.2 Å². The molecule has 1 aliphatic rings. The summed E-state index contributed by atoms with van der Waals surface area (Å²) in [7, 11) is 2.24. The third-order valence-electron chi connectivity index (χ3n) is 4.29. The average molecular weight is 240 g/mol. The van der Waals surface area contributed by atoms with Crippen LogP contribution in [0.5, 0.6) is 0 Å². The van der Waals surface area contributed by atoms with Crippen LogP contribution >= 0.6 is 0 Å². The molecule has 0 aliphatic carbocycles. The van der Waals surface area contributed by atoms with Crippen LogP contribution in [0, 0.1) is 5.41 Å². The Kier molecular flexibility index (Phi) is 6.50. The molecule has 17 heavy (non-hydrogen) atoms. The SMILES string of the molecule is CCCC(CCC)NCC1(C)CCN(C)CC1. The van der Waals surface area contributed by atoms with Gasteiger partial charge in [0.05, 0.1) is 0 Å². The highest BCUT2D eigenvalue weighted by Gasteiger charge is 2.28. The maximum atomic E-state index is 3.83. The van der Waals surface area contributed by atoms with Crippen molar-refractivity contribution >= 4 is 0 Å². The van der Waals surface area contributed by atoms with Gasteiger partial charge in [0.15, 0.2) is 0 Å². The fourth-order valence-corrected chi connectivity index (χ4v) is 2.77. The maximum absolute atomic E-state index is 3.83. The molecule has 2 heteroatoms. The van der Waals surface area contributed by atoms with Crippen LogP contribution in [-0.2, 0) is 0 Å². The Morgan fingerprint density at radius 1 is 1.12 bits per heavy atom. The molecule has 0 bridgehead atoms. The Balaban J connectivity index is 2.31. The molecular weight excluding hydrogens is 208 g/mol. The van der Waals surface area contributed by atoms with E-state index in [4.69, 9.17) is 0 Å². The van der Waals surface area contributed by atoms with Gasteiger partial charge in [-0.2, -0.15) is 0 Å². The fraction of sp³-hybridized carbons (Fsp3) is 1.00. The molecule has 102 valence electrons. The standard InChI is InChI=1S/C15H32N2/c1-5-7-14(8-6-2)16-13-15(3)9-11-17(4)12-10-15/h14,16H,5-13H2,1-4H3. The topological polar surface area (TPSA) is 15.3 Å². The molecule has 0 aromatic heterocycles. The summed E-state index contributed by atoms with van der Waals surface area (Å²) in [6.07, 6.45) is 7.98. The number of hydrogen-bond acceptors (Lipinski definition) is 2. The zero-order valence-electron chi connectivity index (χ0n) is 12.4. The van der Waals surface area contributed by atoms with E-state index in [0.29, 0.717) is 5.41 Å². The van der Waals surface area contributed by atoms with E-state index in [1.54, 1.807) is 0 Å². The Morgan fingerprint density at radius 3 is 2.12 bits per heavy atom. The van der Waals surface area contributed by atoms with Crippen LogP contribution in [0.3, 0.4) is 0 Å². The lowest BCUT2D eigenvalue weighted by Gasteiger charge is -2.39. The minimum Gasteiger partial charge on any atom is -0.313 e. The molecule has 1 rings (SSSR count). The summed E-state index contributed by atoms with van der Waals surface area (Å²) in [5, 5.41) is 3.83. The third kappa shape index (κ3) is 5.39. The summed E-state index contributed by atoms with van der Waals surface area (Å²) in [5.74, 6) is 0. The van der Waals surface area contributed by atoms with Gasteiger partial charge in [0.2, 0.25) is 0 Å². The zero-order valence-corrected chi connectivity index (χ0v) is 12.4. The predicted molar refractivity (Wildman–Crippen MR) is 76.4 cm³/mol. The highest BCUT2D eigenvalue weighted by atomic mass is 15.1. The first kappa shape index (κ1) is 15.0. The lowest BCUT2D eigenvalue weighted by atomic mass is 9.80. The molecule has 0 aromatic carbocycles. The van der Waals surface area contributed by atoms with Crippen LogP contribution in [-0.4, -0.2) is 37.6 Å². The summed E-state index contributed by atoms with van der Waals surface area (Å²) >= 11 is 0. The molecule has 1 saturated heterocycles. The zero-order chi connectivity index (χ0) is 12.7. The van der Waals surface area contributed by atoms with E-state index in [9.17, 15) is 0 Å². The Labute approximate surface area is 108 Å². The predicted octanol–water partition coefficient (Wildman–Crippen LogP) is 3.28. The van der Waals surface area contributed by atoms with Gasteiger partial charge < -0.3 is 10.2 Å². The second-order valence-corrected chi connectivity index (χ2v) is 6.27. The van der Waals surface area contributed by atoms with E-state index in [2.05, 4.69) is 38.0 Å². The van der Waals surface area contributed by atoms with Crippen molar-refractivity contribution in [2.45, 2.75) is 65.3 Å². The van der Waals surface area contributed by atoms with Crippen molar-refractivity contribution < 1.29 is 0 Å². The van der Waals surface area contributed by atoms with Crippen molar-refractivity contribution in [3.63, 3.8) is 0 Å². The van der Waals surface area contributed by atoms with Crippen LogP contribution in [0.15, 0.2) is 0 Å². The minimum atomic E-state index is 0.534. The molecule has 0 aromatic rings. The lowest BCUT2D eigenvalue weighted by molar-refractivity contribution is 0.132. The van der Waals surface area contributed by atoms with Crippen LogP contribution in [0.25, 0.3) is 0 Å². The molecule has 0 atom stereocenters. The lowest BCUT2D eigenvalue weighted by Crippen LogP contribution is -2.44. The van der Waals surface area contributed by atoms with E-state index >= 15 is 0 Å². The molecule has 0 radical (unpaired) electrons. The van der Waals surface area contributed by atoms with Crippen molar-refractivity contribution in [1.82, 2.24) is 10.2 Å². The number of rotatable bonds is 7. The molecule has 0 amide bonds. The second-order valence-electron chi connectivity index (χ2n) is 6.27. The Bertz CT molecular complexity index is 189. The van der Waals surface area contributed by atoms with Gasteiger partial charge in [-0.25, -0.2) is 0 Å². The highest BCUT2D eigenvalue weighted by molar-refractivity contribution is 4.84. The molecule has 1 heterocycles. The summed E-state index contributed by atoms with van der Waals surface area (Å²) in [5.41, 5.74) is 0.534. The van der Waals surface area contributed by atoms with Gasteiger partial charge >= 0.3 is 0 Å². The summed E-state index contributed by atoms with van der Waals surface area (Å²) in [6, 6.07) is 0.751.